The summed E-state index contributed by atoms with van der Waals surface area (Å²) >= 11 is 1.36. The second-order valence-electron chi connectivity index (χ2n) is 3.08. The predicted octanol–water partition coefficient (Wildman–Crippen LogP) is 2.60. The Morgan fingerprint density at radius 3 is 2.81 bits per heavy atom. The molecular weight excluding hydrogens is 224 g/mol. The minimum Gasteiger partial charge on any atom is -0.507 e. The lowest BCUT2D eigenvalue weighted by molar-refractivity contribution is -0.138. The van der Waals surface area contributed by atoms with Crippen LogP contribution in [-0.4, -0.2) is 23.4 Å². The first-order valence-corrected chi connectivity index (χ1v) is 5.89. The molecule has 0 bridgehead atoms. The smallest absolute Gasteiger partial charge is 0.334 e. The Morgan fingerprint density at radius 2 is 2.19 bits per heavy atom. The van der Waals surface area contributed by atoms with Crippen LogP contribution in [0.5, 0.6) is 5.75 Å². The number of phenolic OH excluding ortho intramolecular Hbond substituents is 1. The molecule has 0 spiro atoms. The van der Waals surface area contributed by atoms with Gasteiger partial charge in [-0.25, -0.2) is 4.79 Å². The highest BCUT2D eigenvalue weighted by Crippen LogP contribution is 2.28. The molecule has 0 saturated carbocycles. The Bertz CT molecular complexity index is 388. The average Bonchev–Trinajstić information content (AvgIpc) is 2.28. The molecule has 86 valence electrons. The molecule has 0 saturated heterocycles. The Hall–Kier alpha value is -1.42. The van der Waals surface area contributed by atoms with Gasteiger partial charge in [0.15, 0.2) is 0 Å². The minimum absolute atomic E-state index is 0.212. The van der Waals surface area contributed by atoms with E-state index in [1.807, 2.05) is 6.07 Å². The van der Waals surface area contributed by atoms with Crippen molar-refractivity contribution in [2.24, 2.45) is 0 Å². The Morgan fingerprint density at radius 1 is 1.50 bits per heavy atom. The van der Waals surface area contributed by atoms with Crippen molar-refractivity contribution in [3.63, 3.8) is 0 Å². The third-order valence-corrected chi connectivity index (χ3v) is 2.98. The second-order valence-corrected chi connectivity index (χ2v) is 4.10. The molecule has 1 aromatic rings. The van der Waals surface area contributed by atoms with E-state index in [2.05, 4.69) is 6.58 Å². The zero-order valence-corrected chi connectivity index (χ0v) is 9.92. The van der Waals surface area contributed by atoms with Crippen molar-refractivity contribution < 1.29 is 14.6 Å². The molecule has 1 aromatic carbocycles. The zero-order valence-electron chi connectivity index (χ0n) is 9.10. The summed E-state index contributed by atoms with van der Waals surface area (Å²) < 4.78 is 4.81. The summed E-state index contributed by atoms with van der Waals surface area (Å²) in [5.74, 6) is 0.241. The topological polar surface area (TPSA) is 46.5 Å². The van der Waals surface area contributed by atoms with Crippen LogP contribution in [0.2, 0.25) is 0 Å². The fourth-order valence-electron chi connectivity index (χ4n) is 1.04. The summed E-state index contributed by atoms with van der Waals surface area (Å²) in [7, 11) is 0. The Kier molecular flexibility index (Phi) is 4.92. The van der Waals surface area contributed by atoms with E-state index in [0.29, 0.717) is 17.9 Å². The van der Waals surface area contributed by atoms with E-state index in [-0.39, 0.29) is 11.7 Å². The number of aromatic hydroxyl groups is 1. The largest absolute Gasteiger partial charge is 0.507 e. The van der Waals surface area contributed by atoms with Gasteiger partial charge in [0.05, 0.1) is 6.61 Å². The first kappa shape index (κ1) is 12.6. The van der Waals surface area contributed by atoms with Gasteiger partial charge in [-0.05, 0) is 19.1 Å². The Balaban J connectivity index is 2.49. The van der Waals surface area contributed by atoms with E-state index in [1.54, 1.807) is 25.1 Å². The van der Waals surface area contributed by atoms with Gasteiger partial charge >= 0.3 is 5.97 Å². The van der Waals surface area contributed by atoms with Crippen LogP contribution < -0.4 is 0 Å². The molecule has 0 radical (unpaired) electrons. The van der Waals surface area contributed by atoms with Gasteiger partial charge in [0.25, 0.3) is 0 Å². The van der Waals surface area contributed by atoms with Gasteiger partial charge in [-0.1, -0.05) is 18.7 Å². The maximum atomic E-state index is 11.3. The summed E-state index contributed by atoms with van der Waals surface area (Å²) in [6, 6.07) is 6.97. The number of carbonyl (C=O) groups excluding carboxylic acids is 1. The molecule has 0 aliphatic carbocycles. The van der Waals surface area contributed by atoms with Gasteiger partial charge in [-0.3, -0.25) is 0 Å². The van der Waals surface area contributed by atoms with Gasteiger partial charge < -0.3 is 9.84 Å². The fraction of sp³-hybridized carbons (Fsp3) is 0.250. The number of ether oxygens (including phenoxy) is 1. The van der Waals surface area contributed by atoms with Crippen molar-refractivity contribution >= 4 is 17.7 Å². The van der Waals surface area contributed by atoms with Gasteiger partial charge in [-0.2, -0.15) is 0 Å². The van der Waals surface area contributed by atoms with E-state index >= 15 is 0 Å². The third-order valence-electron chi connectivity index (χ3n) is 1.83. The fourth-order valence-corrected chi connectivity index (χ4v) is 1.87. The molecule has 0 aromatic heterocycles. The van der Waals surface area contributed by atoms with Crippen molar-refractivity contribution in [3.05, 3.63) is 36.4 Å². The molecule has 0 aliphatic rings. The first-order chi connectivity index (χ1) is 7.65. The van der Waals surface area contributed by atoms with Gasteiger partial charge in [-0.15, -0.1) is 11.8 Å². The van der Waals surface area contributed by atoms with Gasteiger partial charge in [0, 0.05) is 16.2 Å². The van der Waals surface area contributed by atoms with Crippen LogP contribution >= 0.6 is 11.8 Å². The first-order valence-electron chi connectivity index (χ1n) is 4.90. The summed E-state index contributed by atoms with van der Waals surface area (Å²) in [4.78, 5) is 12.0. The molecule has 0 amide bonds. The van der Waals surface area contributed by atoms with Crippen LogP contribution in [-0.2, 0) is 9.53 Å². The number of benzene rings is 1. The molecule has 0 unspecified atom stereocenters. The maximum absolute atomic E-state index is 11.3. The van der Waals surface area contributed by atoms with Crippen LogP contribution in [0.3, 0.4) is 0 Å². The predicted molar refractivity (Wildman–Crippen MR) is 64.6 cm³/mol. The third kappa shape index (κ3) is 3.62. The Labute approximate surface area is 99.1 Å². The van der Waals surface area contributed by atoms with Crippen LogP contribution in [0, 0.1) is 0 Å². The summed E-state index contributed by atoms with van der Waals surface area (Å²) in [6.45, 7) is 5.74. The molecule has 1 rings (SSSR count). The zero-order chi connectivity index (χ0) is 12.0. The monoisotopic (exact) mass is 238 g/mol. The lowest BCUT2D eigenvalue weighted by Crippen LogP contribution is -2.08. The van der Waals surface area contributed by atoms with Crippen LogP contribution in [0.25, 0.3) is 0 Å². The lowest BCUT2D eigenvalue weighted by atomic mass is 10.3. The molecule has 4 heteroatoms. The van der Waals surface area contributed by atoms with E-state index < -0.39 is 0 Å². The molecular formula is C12H14O3S. The quantitative estimate of drug-likeness (QED) is 0.486. The van der Waals surface area contributed by atoms with Crippen LogP contribution in [0.1, 0.15) is 6.92 Å². The number of carbonyl (C=O) groups is 1. The van der Waals surface area contributed by atoms with E-state index in [1.165, 1.54) is 11.8 Å². The molecule has 16 heavy (non-hydrogen) atoms. The van der Waals surface area contributed by atoms with Crippen molar-refractivity contribution in [1.29, 1.82) is 0 Å². The number of rotatable bonds is 5. The number of phenols is 1. The normalized spacial score (nSPS) is 9.81. The maximum Gasteiger partial charge on any atom is 0.334 e. The number of thioether (sulfide) groups is 1. The van der Waals surface area contributed by atoms with E-state index in [4.69, 9.17) is 4.74 Å². The van der Waals surface area contributed by atoms with Crippen molar-refractivity contribution in [3.8, 4) is 5.75 Å². The van der Waals surface area contributed by atoms with E-state index in [0.717, 1.165) is 4.90 Å². The van der Waals surface area contributed by atoms with Crippen molar-refractivity contribution in [2.75, 3.05) is 12.4 Å². The molecule has 0 aliphatic heterocycles. The number of esters is 1. The number of hydrogen-bond donors (Lipinski definition) is 1. The highest BCUT2D eigenvalue weighted by Gasteiger charge is 2.09. The van der Waals surface area contributed by atoms with E-state index in [9.17, 15) is 9.90 Å². The molecule has 0 fully saturated rings. The van der Waals surface area contributed by atoms with Gasteiger partial charge in [0.1, 0.15) is 5.75 Å². The molecule has 3 nitrogen and oxygen atoms in total. The van der Waals surface area contributed by atoms with Crippen molar-refractivity contribution in [2.45, 2.75) is 11.8 Å². The van der Waals surface area contributed by atoms with Gasteiger partial charge in [0.2, 0.25) is 0 Å². The molecule has 0 heterocycles. The molecule has 1 N–H and O–H groups in total. The van der Waals surface area contributed by atoms with Crippen molar-refractivity contribution in [1.82, 2.24) is 0 Å². The summed E-state index contributed by atoms with van der Waals surface area (Å²) in [5, 5.41) is 9.50. The SMILES string of the molecule is C=C(CSc1ccccc1O)C(=O)OCC. The highest BCUT2D eigenvalue weighted by molar-refractivity contribution is 7.99. The standard InChI is InChI=1S/C12H14O3S/c1-3-15-12(14)9(2)8-16-11-7-5-4-6-10(11)13/h4-7,13H,2-3,8H2,1H3. The molecule has 0 atom stereocenters. The second kappa shape index (κ2) is 6.23. The van der Waals surface area contributed by atoms with Crippen LogP contribution in [0.15, 0.2) is 41.3 Å². The highest BCUT2D eigenvalue weighted by atomic mass is 32.2. The average molecular weight is 238 g/mol. The number of hydrogen-bond acceptors (Lipinski definition) is 4. The lowest BCUT2D eigenvalue weighted by Gasteiger charge is -2.06. The summed E-state index contributed by atoms with van der Waals surface area (Å²) in [6.07, 6.45) is 0. The summed E-state index contributed by atoms with van der Waals surface area (Å²) in [5.41, 5.74) is 0.398. The number of para-hydroxylation sites is 1. The van der Waals surface area contributed by atoms with Crippen LogP contribution in [0.4, 0.5) is 0 Å². The minimum atomic E-state index is -0.384.